The fourth-order valence-corrected chi connectivity index (χ4v) is 3.05. The second-order valence-corrected chi connectivity index (χ2v) is 7.06. The van der Waals surface area contributed by atoms with E-state index < -0.39 is 5.82 Å². The molecule has 2 atom stereocenters. The van der Waals surface area contributed by atoms with Crippen LogP contribution in [-0.2, 0) is 4.74 Å². The van der Waals surface area contributed by atoms with E-state index in [1.54, 1.807) is 0 Å². The number of rotatable bonds is 2. The molecule has 0 spiro atoms. The monoisotopic (exact) mass is 344 g/mol. The van der Waals surface area contributed by atoms with Crippen LogP contribution in [0.4, 0.5) is 10.1 Å². The molecule has 0 bridgehead atoms. The topological polar surface area (TPSA) is 38.5 Å². The Morgan fingerprint density at radius 1 is 1.45 bits per heavy atom. The molecule has 2 N–H and O–H groups in total. The maximum absolute atomic E-state index is 13.8. The highest BCUT2D eigenvalue weighted by Gasteiger charge is 2.38. The zero-order valence-corrected chi connectivity index (χ0v) is 14.0. The summed E-state index contributed by atoms with van der Waals surface area (Å²) in [7, 11) is 0. The predicted molar refractivity (Wildman–Crippen MR) is 82.9 cm³/mol. The van der Waals surface area contributed by atoms with E-state index in [0.29, 0.717) is 4.47 Å². The number of hydrogen-bond acceptors (Lipinski definition) is 3. The van der Waals surface area contributed by atoms with Crippen molar-refractivity contribution in [3.8, 4) is 0 Å². The quantitative estimate of drug-likeness (QED) is 0.821. The van der Waals surface area contributed by atoms with Crippen LogP contribution in [0.3, 0.4) is 0 Å². The minimum Gasteiger partial charge on any atom is -0.395 e. The zero-order chi connectivity index (χ0) is 15.1. The summed E-state index contributed by atoms with van der Waals surface area (Å²) in [6, 6.07) is 3.32. The van der Waals surface area contributed by atoms with Crippen molar-refractivity contribution in [3.05, 3.63) is 28.0 Å². The van der Waals surface area contributed by atoms with Crippen molar-refractivity contribution in [1.82, 2.24) is 4.90 Å². The molecular formula is C15H22BrFN2O. The molecule has 112 valence electrons. The highest BCUT2D eigenvalue weighted by atomic mass is 79.9. The van der Waals surface area contributed by atoms with Crippen LogP contribution in [0, 0.1) is 5.82 Å². The molecule has 1 heterocycles. The lowest BCUT2D eigenvalue weighted by Gasteiger charge is -2.34. The summed E-state index contributed by atoms with van der Waals surface area (Å²) in [6.45, 7) is 9.37. The molecule has 1 aromatic rings. The molecule has 1 saturated heterocycles. The van der Waals surface area contributed by atoms with E-state index >= 15 is 0 Å². The molecule has 3 nitrogen and oxygen atoms in total. The van der Waals surface area contributed by atoms with Crippen molar-refractivity contribution in [1.29, 1.82) is 0 Å². The molecular weight excluding hydrogens is 323 g/mol. The summed E-state index contributed by atoms with van der Waals surface area (Å²) < 4.78 is 20.4. The minimum absolute atomic E-state index is 0.0268. The maximum atomic E-state index is 13.8. The van der Waals surface area contributed by atoms with Crippen molar-refractivity contribution >= 4 is 21.6 Å². The number of nitrogens with zero attached hydrogens (tertiary/aromatic N) is 1. The van der Waals surface area contributed by atoms with Crippen molar-refractivity contribution < 1.29 is 9.13 Å². The van der Waals surface area contributed by atoms with E-state index in [2.05, 4.69) is 48.5 Å². The van der Waals surface area contributed by atoms with E-state index in [1.807, 2.05) is 6.07 Å². The Balaban J connectivity index is 2.28. The molecule has 20 heavy (non-hydrogen) atoms. The van der Waals surface area contributed by atoms with Crippen molar-refractivity contribution in [3.63, 3.8) is 0 Å². The van der Waals surface area contributed by atoms with Crippen LogP contribution < -0.4 is 5.73 Å². The first-order valence-electron chi connectivity index (χ1n) is 6.90. The largest absolute Gasteiger partial charge is 0.395 e. The van der Waals surface area contributed by atoms with E-state index in [1.165, 1.54) is 6.07 Å². The smallest absolute Gasteiger partial charge is 0.147 e. The van der Waals surface area contributed by atoms with Gasteiger partial charge in [-0.15, -0.1) is 0 Å². The van der Waals surface area contributed by atoms with Gasteiger partial charge in [-0.1, -0.05) is 6.92 Å². The summed E-state index contributed by atoms with van der Waals surface area (Å²) >= 11 is 3.30. The van der Waals surface area contributed by atoms with Crippen LogP contribution >= 0.6 is 15.9 Å². The van der Waals surface area contributed by atoms with Crippen LogP contribution in [0.5, 0.6) is 0 Å². The Bertz CT molecular complexity index is 478. The molecule has 0 aliphatic carbocycles. The van der Waals surface area contributed by atoms with E-state index in [9.17, 15) is 4.39 Å². The molecule has 0 radical (unpaired) electrons. The lowest BCUT2D eigenvalue weighted by Crippen LogP contribution is -2.44. The second-order valence-electron chi connectivity index (χ2n) is 6.21. The summed E-state index contributed by atoms with van der Waals surface area (Å²) in [5, 5.41) is 0. The van der Waals surface area contributed by atoms with Crippen LogP contribution in [-0.4, -0.2) is 23.2 Å². The third kappa shape index (κ3) is 3.00. The fourth-order valence-electron chi connectivity index (χ4n) is 2.60. The lowest BCUT2D eigenvalue weighted by atomic mass is 10.0. The van der Waals surface area contributed by atoms with Crippen LogP contribution in [0.2, 0.25) is 0 Å². The number of nitrogens with two attached hydrogens (primary N) is 1. The number of hydrogen-bond donors (Lipinski definition) is 1. The number of halogens is 2. The highest BCUT2D eigenvalue weighted by Crippen LogP contribution is 2.37. The Kier molecular flexibility index (Phi) is 4.42. The summed E-state index contributed by atoms with van der Waals surface area (Å²) in [5.74, 6) is -0.403. The Morgan fingerprint density at radius 3 is 2.55 bits per heavy atom. The summed E-state index contributed by atoms with van der Waals surface area (Å²) in [5.41, 5.74) is 6.63. The van der Waals surface area contributed by atoms with Gasteiger partial charge in [0.05, 0.1) is 11.8 Å². The van der Waals surface area contributed by atoms with Gasteiger partial charge in [0.25, 0.3) is 0 Å². The van der Waals surface area contributed by atoms with Gasteiger partial charge in [-0.05, 0) is 60.8 Å². The number of anilines is 1. The van der Waals surface area contributed by atoms with Crippen LogP contribution in [0.1, 0.15) is 45.8 Å². The first-order valence-corrected chi connectivity index (χ1v) is 7.70. The van der Waals surface area contributed by atoms with E-state index in [-0.39, 0.29) is 23.6 Å². The lowest BCUT2D eigenvalue weighted by molar-refractivity contribution is -0.0314. The average Bonchev–Trinajstić information content (AvgIpc) is 2.79. The Labute approximate surface area is 128 Å². The molecule has 0 saturated carbocycles. The van der Waals surface area contributed by atoms with Gasteiger partial charge in [0, 0.05) is 16.6 Å². The molecule has 2 rings (SSSR count). The number of benzene rings is 1. The molecule has 1 aromatic carbocycles. The SMILES string of the molecule is CCC1OC(c2cc(F)c(N)c(Br)c2)CN1C(C)(C)C. The van der Waals surface area contributed by atoms with Gasteiger partial charge in [0.2, 0.25) is 0 Å². The van der Waals surface area contributed by atoms with Gasteiger partial charge < -0.3 is 10.5 Å². The van der Waals surface area contributed by atoms with Gasteiger partial charge in [-0.3, -0.25) is 4.90 Å². The first kappa shape index (κ1) is 15.7. The first-order chi connectivity index (χ1) is 9.24. The number of nitrogen functional groups attached to an aromatic ring is 1. The fraction of sp³-hybridized carbons (Fsp3) is 0.600. The highest BCUT2D eigenvalue weighted by molar-refractivity contribution is 9.10. The molecule has 2 unspecified atom stereocenters. The normalized spacial score (nSPS) is 24.3. The van der Waals surface area contributed by atoms with Gasteiger partial charge in [-0.2, -0.15) is 0 Å². The van der Waals surface area contributed by atoms with Crippen LogP contribution in [0.15, 0.2) is 16.6 Å². The van der Waals surface area contributed by atoms with Gasteiger partial charge in [0.15, 0.2) is 0 Å². The standard InChI is InChI=1S/C15H22BrFN2O/c1-5-13-19(15(2,3)4)8-12(20-13)9-6-10(16)14(18)11(17)7-9/h6-7,12-13H,5,8,18H2,1-4H3. The molecule has 0 amide bonds. The van der Waals surface area contributed by atoms with Gasteiger partial charge in [0.1, 0.15) is 12.0 Å². The third-order valence-corrected chi connectivity index (χ3v) is 4.37. The third-order valence-electron chi connectivity index (χ3n) is 3.72. The Morgan fingerprint density at radius 2 is 2.10 bits per heavy atom. The van der Waals surface area contributed by atoms with E-state index in [4.69, 9.17) is 10.5 Å². The van der Waals surface area contributed by atoms with E-state index in [0.717, 1.165) is 18.5 Å². The minimum atomic E-state index is -0.403. The van der Waals surface area contributed by atoms with Crippen molar-refractivity contribution in [2.75, 3.05) is 12.3 Å². The molecule has 5 heteroatoms. The van der Waals surface area contributed by atoms with Crippen molar-refractivity contribution in [2.45, 2.75) is 52.0 Å². The molecule has 1 fully saturated rings. The maximum Gasteiger partial charge on any atom is 0.147 e. The molecule has 0 aromatic heterocycles. The van der Waals surface area contributed by atoms with Gasteiger partial charge in [-0.25, -0.2) is 4.39 Å². The number of ether oxygens (including phenoxy) is 1. The molecule has 1 aliphatic rings. The van der Waals surface area contributed by atoms with Gasteiger partial charge >= 0.3 is 0 Å². The summed E-state index contributed by atoms with van der Waals surface area (Å²) in [4.78, 5) is 2.32. The molecule has 1 aliphatic heterocycles. The Hall–Kier alpha value is -0.650. The average molecular weight is 345 g/mol. The predicted octanol–water partition coefficient (Wildman–Crippen LogP) is 4.08. The zero-order valence-electron chi connectivity index (χ0n) is 12.4. The van der Waals surface area contributed by atoms with Crippen molar-refractivity contribution in [2.24, 2.45) is 0 Å². The van der Waals surface area contributed by atoms with Crippen LogP contribution in [0.25, 0.3) is 0 Å². The summed E-state index contributed by atoms with van der Waals surface area (Å²) in [6.07, 6.45) is 0.858. The second kappa shape index (κ2) is 5.62.